The maximum absolute atomic E-state index is 4.56. The summed E-state index contributed by atoms with van der Waals surface area (Å²) < 4.78 is 2.23. The summed E-state index contributed by atoms with van der Waals surface area (Å²) in [6.45, 7) is 4.33. The maximum Gasteiger partial charge on any atom is 0.156 e. The fourth-order valence-electron chi connectivity index (χ4n) is 3.29. The lowest BCUT2D eigenvalue weighted by molar-refractivity contribution is 0.919. The number of aromatic nitrogens is 3. The number of rotatable bonds is 1. The number of fused-ring (bicyclic) bond motifs is 3. The van der Waals surface area contributed by atoms with Crippen LogP contribution in [0.4, 0.5) is 5.82 Å². The average molecular weight is 266 g/mol. The van der Waals surface area contributed by atoms with Crippen molar-refractivity contribution in [1.29, 1.82) is 0 Å². The molecule has 0 saturated carbocycles. The number of hydrogen-bond donors (Lipinski definition) is 0. The van der Waals surface area contributed by atoms with Crippen molar-refractivity contribution in [2.45, 2.75) is 19.8 Å². The van der Waals surface area contributed by atoms with Crippen LogP contribution in [-0.2, 0) is 7.05 Å². The van der Waals surface area contributed by atoms with E-state index in [0.717, 1.165) is 29.9 Å². The highest BCUT2D eigenvalue weighted by atomic mass is 15.2. The largest absolute Gasteiger partial charge is 0.355 e. The molecular weight excluding hydrogens is 248 g/mol. The summed E-state index contributed by atoms with van der Waals surface area (Å²) in [6, 6.07) is 6.56. The molecule has 1 fully saturated rings. The number of anilines is 1. The van der Waals surface area contributed by atoms with Crippen LogP contribution in [0.5, 0.6) is 0 Å². The van der Waals surface area contributed by atoms with E-state index < -0.39 is 0 Å². The van der Waals surface area contributed by atoms with Gasteiger partial charge in [-0.25, -0.2) is 9.97 Å². The third-order valence-corrected chi connectivity index (χ3v) is 4.31. The summed E-state index contributed by atoms with van der Waals surface area (Å²) in [4.78, 5) is 11.5. The zero-order valence-corrected chi connectivity index (χ0v) is 11.9. The summed E-state index contributed by atoms with van der Waals surface area (Å²) in [5.74, 6) is 1.09. The first kappa shape index (κ1) is 11.7. The third-order valence-electron chi connectivity index (χ3n) is 4.31. The Kier molecular flexibility index (Phi) is 2.46. The van der Waals surface area contributed by atoms with Crippen LogP contribution in [0.2, 0.25) is 0 Å². The minimum Gasteiger partial charge on any atom is -0.355 e. The molecule has 1 saturated heterocycles. The third kappa shape index (κ3) is 1.54. The maximum atomic E-state index is 4.56. The van der Waals surface area contributed by atoms with Gasteiger partial charge in [-0.3, -0.25) is 0 Å². The molecule has 20 heavy (non-hydrogen) atoms. The normalized spacial score (nSPS) is 15.6. The highest BCUT2D eigenvalue weighted by Crippen LogP contribution is 2.33. The molecule has 0 radical (unpaired) electrons. The van der Waals surface area contributed by atoms with Crippen molar-refractivity contribution in [3.05, 3.63) is 30.1 Å². The van der Waals surface area contributed by atoms with Gasteiger partial charge in [0.1, 0.15) is 17.4 Å². The van der Waals surface area contributed by atoms with Crippen molar-refractivity contribution in [3.8, 4) is 0 Å². The van der Waals surface area contributed by atoms with Gasteiger partial charge < -0.3 is 9.47 Å². The Morgan fingerprint density at radius 3 is 2.70 bits per heavy atom. The zero-order valence-electron chi connectivity index (χ0n) is 11.9. The Labute approximate surface area is 118 Å². The van der Waals surface area contributed by atoms with Crippen LogP contribution in [0.25, 0.3) is 21.9 Å². The Hall–Kier alpha value is -2.10. The first-order chi connectivity index (χ1) is 9.75. The summed E-state index contributed by atoms with van der Waals surface area (Å²) in [5, 5.41) is 1.23. The lowest BCUT2D eigenvalue weighted by Gasteiger charge is -2.17. The van der Waals surface area contributed by atoms with E-state index in [2.05, 4.69) is 51.6 Å². The molecule has 4 heteroatoms. The van der Waals surface area contributed by atoms with Crippen LogP contribution >= 0.6 is 0 Å². The molecule has 0 aliphatic carbocycles. The molecule has 0 bridgehead atoms. The number of benzene rings is 1. The van der Waals surface area contributed by atoms with Crippen LogP contribution < -0.4 is 4.90 Å². The second kappa shape index (κ2) is 4.20. The fraction of sp³-hybridized carbons (Fsp3) is 0.375. The lowest BCUT2D eigenvalue weighted by Crippen LogP contribution is -2.20. The van der Waals surface area contributed by atoms with E-state index in [1.54, 1.807) is 6.33 Å². The topological polar surface area (TPSA) is 34.0 Å². The van der Waals surface area contributed by atoms with Gasteiger partial charge in [0, 0.05) is 25.5 Å². The van der Waals surface area contributed by atoms with Gasteiger partial charge in [0.2, 0.25) is 0 Å². The molecule has 102 valence electrons. The Morgan fingerprint density at radius 2 is 1.90 bits per heavy atom. The SMILES string of the molecule is Cc1ccc2c(c1)c1ncnc(N3CCCC3)c1n2C. The summed E-state index contributed by atoms with van der Waals surface area (Å²) in [6.07, 6.45) is 4.22. The highest BCUT2D eigenvalue weighted by molar-refractivity contribution is 6.09. The summed E-state index contributed by atoms with van der Waals surface area (Å²) in [7, 11) is 2.11. The molecule has 1 aromatic carbocycles. The van der Waals surface area contributed by atoms with Crippen LogP contribution in [0.3, 0.4) is 0 Å². The molecule has 0 unspecified atom stereocenters. The van der Waals surface area contributed by atoms with E-state index in [4.69, 9.17) is 0 Å². The monoisotopic (exact) mass is 266 g/mol. The first-order valence-electron chi connectivity index (χ1n) is 7.20. The zero-order chi connectivity index (χ0) is 13.7. The Morgan fingerprint density at radius 1 is 1.10 bits per heavy atom. The van der Waals surface area contributed by atoms with Crippen molar-refractivity contribution in [2.75, 3.05) is 18.0 Å². The molecule has 3 aromatic rings. The van der Waals surface area contributed by atoms with Crippen molar-refractivity contribution >= 4 is 27.8 Å². The fourth-order valence-corrected chi connectivity index (χ4v) is 3.29. The molecule has 0 spiro atoms. The van der Waals surface area contributed by atoms with Gasteiger partial charge in [-0.2, -0.15) is 0 Å². The van der Waals surface area contributed by atoms with E-state index in [1.807, 2.05) is 0 Å². The predicted molar refractivity (Wildman–Crippen MR) is 82.2 cm³/mol. The quantitative estimate of drug-likeness (QED) is 0.679. The first-order valence-corrected chi connectivity index (χ1v) is 7.20. The predicted octanol–water partition coefficient (Wildman–Crippen LogP) is 3.03. The molecule has 0 N–H and O–H groups in total. The molecule has 4 rings (SSSR count). The van der Waals surface area contributed by atoms with E-state index in [1.165, 1.54) is 29.3 Å². The smallest absolute Gasteiger partial charge is 0.156 e. The molecule has 4 nitrogen and oxygen atoms in total. The lowest BCUT2D eigenvalue weighted by atomic mass is 10.1. The van der Waals surface area contributed by atoms with Crippen LogP contribution in [0.1, 0.15) is 18.4 Å². The Bertz CT molecular complexity index is 797. The second-order valence-electron chi connectivity index (χ2n) is 5.67. The van der Waals surface area contributed by atoms with Crippen LogP contribution in [-0.4, -0.2) is 27.6 Å². The molecule has 2 aromatic heterocycles. The number of hydrogen-bond acceptors (Lipinski definition) is 3. The molecule has 0 amide bonds. The van der Waals surface area contributed by atoms with Crippen LogP contribution in [0, 0.1) is 6.92 Å². The van der Waals surface area contributed by atoms with Gasteiger partial charge >= 0.3 is 0 Å². The van der Waals surface area contributed by atoms with E-state index in [-0.39, 0.29) is 0 Å². The van der Waals surface area contributed by atoms with Crippen LogP contribution in [0.15, 0.2) is 24.5 Å². The van der Waals surface area contributed by atoms with Crippen molar-refractivity contribution < 1.29 is 0 Å². The highest BCUT2D eigenvalue weighted by Gasteiger charge is 2.20. The molecule has 1 aliphatic rings. The minimum atomic E-state index is 1.07. The number of nitrogens with zero attached hydrogens (tertiary/aromatic N) is 4. The van der Waals surface area contributed by atoms with Crippen molar-refractivity contribution in [3.63, 3.8) is 0 Å². The van der Waals surface area contributed by atoms with Gasteiger partial charge in [0.25, 0.3) is 0 Å². The van der Waals surface area contributed by atoms with Gasteiger partial charge in [0.05, 0.1) is 5.52 Å². The van der Waals surface area contributed by atoms with Crippen molar-refractivity contribution in [1.82, 2.24) is 14.5 Å². The molecule has 3 heterocycles. The molecule has 0 atom stereocenters. The minimum absolute atomic E-state index is 1.07. The average Bonchev–Trinajstić information content (AvgIpc) is 3.07. The van der Waals surface area contributed by atoms with Gasteiger partial charge in [-0.05, 0) is 31.9 Å². The summed E-state index contributed by atoms with van der Waals surface area (Å²) in [5.41, 5.74) is 4.73. The van der Waals surface area contributed by atoms with Crippen molar-refractivity contribution in [2.24, 2.45) is 7.05 Å². The van der Waals surface area contributed by atoms with Gasteiger partial charge in [-0.15, -0.1) is 0 Å². The molecular formula is C16H18N4. The number of aryl methyl sites for hydroxylation is 2. The van der Waals surface area contributed by atoms with Gasteiger partial charge in [-0.1, -0.05) is 11.6 Å². The standard InChI is InChI=1S/C16H18N4/c1-11-5-6-13-12(9-11)14-15(19(13)2)16(18-10-17-14)20-7-3-4-8-20/h5-6,9-10H,3-4,7-8H2,1-2H3. The van der Waals surface area contributed by atoms with Gasteiger partial charge in [0.15, 0.2) is 5.82 Å². The Balaban J connectivity index is 2.09. The summed E-state index contributed by atoms with van der Waals surface area (Å²) >= 11 is 0. The molecule has 1 aliphatic heterocycles. The second-order valence-corrected chi connectivity index (χ2v) is 5.67. The van der Waals surface area contributed by atoms with E-state index in [0.29, 0.717) is 0 Å². The van der Waals surface area contributed by atoms with E-state index >= 15 is 0 Å². The van der Waals surface area contributed by atoms with E-state index in [9.17, 15) is 0 Å².